The summed E-state index contributed by atoms with van der Waals surface area (Å²) in [5, 5.41) is 20.8. The average Bonchev–Trinajstić information content (AvgIpc) is 0.908. The van der Waals surface area contributed by atoms with Gasteiger partial charge in [0, 0.05) is 19.3 Å². The monoisotopic (exact) mass is 1730 g/mol. The van der Waals surface area contributed by atoms with Crippen molar-refractivity contribution in [2.24, 2.45) is 0 Å². The third-order valence-electron chi connectivity index (χ3n) is 20.1. The zero-order valence-electron chi connectivity index (χ0n) is 76.4. The first kappa shape index (κ1) is 116. The van der Waals surface area contributed by atoms with E-state index in [1.165, 1.54) is 154 Å². The van der Waals surface area contributed by atoms with E-state index in [0.717, 1.165) is 180 Å². The van der Waals surface area contributed by atoms with Crippen LogP contribution >= 0.6 is 15.6 Å². The summed E-state index contributed by atoms with van der Waals surface area (Å²) in [5.74, 6) is -1.57. The predicted octanol–water partition coefficient (Wildman–Crippen LogP) is 30.0. The minimum absolute atomic E-state index is 0.0951. The van der Waals surface area contributed by atoms with Gasteiger partial charge in [-0.2, -0.15) is 0 Å². The van der Waals surface area contributed by atoms with Gasteiger partial charge in [0.2, 0.25) is 0 Å². The molecule has 0 saturated heterocycles. The van der Waals surface area contributed by atoms with Crippen LogP contribution in [-0.4, -0.2) is 95.9 Å². The van der Waals surface area contributed by atoms with Gasteiger partial charge >= 0.3 is 33.6 Å². The molecule has 0 bridgehead atoms. The lowest BCUT2D eigenvalue weighted by Gasteiger charge is -2.21. The van der Waals surface area contributed by atoms with E-state index in [-0.39, 0.29) is 19.3 Å². The Balaban J connectivity index is 4.63. The van der Waals surface area contributed by atoms with Crippen molar-refractivity contribution in [3.8, 4) is 0 Å². The first-order chi connectivity index (χ1) is 59.2. The maximum absolute atomic E-state index is 13.1. The molecule has 5 unspecified atom stereocenters. The minimum Gasteiger partial charge on any atom is -0.463 e. The van der Waals surface area contributed by atoms with E-state index in [1.807, 2.05) is 0 Å². The van der Waals surface area contributed by atoms with Crippen LogP contribution < -0.4 is 0 Å². The van der Waals surface area contributed by atoms with Crippen LogP contribution in [0.25, 0.3) is 0 Å². The smallest absolute Gasteiger partial charge is 0.463 e. The average molecular weight is 1730 g/mol. The Bertz CT molecular complexity index is 2930. The van der Waals surface area contributed by atoms with E-state index in [9.17, 15) is 43.5 Å². The van der Waals surface area contributed by atoms with Gasteiger partial charge in [-0.25, -0.2) is 9.13 Å². The summed E-state index contributed by atoms with van der Waals surface area (Å²) in [6.45, 7) is 2.39. The van der Waals surface area contributed by atoms with Crippen LogP contribution in [-0.2, 0) is 55.8 Å². The van der Waals surface area contributed by atoms with Crippen molar-refractivity contribution in [2.75, 3.05) is 39.6 Å². The van der Waals surface area contributed by atoms with Gasteiger partial charge in [-0.3, -0.25) is 32.5 Å². The second-order valence-electron chi connectivity index (χ2n) is 31.7. The topological polar surface area (TPSA) is 231 Å². The van der Waals surface area contributed by atoms with Gasteiger partial charge in [-0.05, 0) is 154 Å². The number of phosphoric acid groups is 2. The van der Waals surface area contributed by atoms with Crippen LogP contribution in [0, 0.1) is 0 Å². The third-order valence-corrected chi connectivity index (χ3v) is 22.0. The second-order valence-corrected chi connectivity index (χ2v) is 34.6. The van der Waals surface area contributed by atoms with Crippen LogP contribution in [0.5, 0.6) is 0 Å². The lowest BCUT2D eigenvalue weighted by atomic mass is 10.0. The van der Waals surface area contributed by atoms with E-state index in [2.05, 4.69) is 203 Å². The van der Waals surface area contributed by atoms with Crippen LogP contribution in [0.1, 0.15) is 393 Å². The van der Waals surface area contributed by atoms with Gasteiger partial charge in [0.1, 0.15) is 25.4 Å². The highest BCUT2D eigenvalue weighted by Gasteiger charge is 2.30. The zero-order chi connectivity index (χ0) is 87.9. The van der Waals surface area contributed by atoms with Crippen molar-refractivity contribution in [3.05, 3.63) is 182 Å². The molecule has 0 aromatic rings. The molecule has 0 heterocycles. The van der Waals surface area contributed by atoms with Crippen molar-refractivity contribution < 1.29 is 75.8 Å². The van der Waals surface area contributed by atoms with Gasteiger partial charge in [0.25, 0.3) is 0 Å². The molecule has 0 spiro atoms. The molecule has 692 valence electrons. The van der Waals surface area contributed by atoms with Crippen LogP contribution in [0.4, 0.5) is 0 Å². The molecule has 0 fully saturated rings. The molecule has 0 amide bonds. The molecule has 0 radical (unpaired) electrons. The number of carbonyl (C=O) groups is 3. The quantitative estimate of drug-likeness (QED) is 0.0146. The van der Waals surface area contributed by atoms with E-state index in [4.69, 9.17) is 32.3 Å². The molecule has 121 heavy (non-hydrogen) atoms. The molecule has 0 aliphatic rings. The van der Waals surface area contributed by atoms with Crippen molar-refractivity contribution >= 4 is 33.6 Å². The fourth-order valence-corrected chi connectivity index (χ4v) is 14.5. The molecule has 0 rings (SSSR count). The normalized spacial score (nSPS) is 14.5. The first-order valence-electron chi connectivity index (χ1n) is 48.1. The molecule has 18 heteroatoms. The summed E-state index contributed by atoms with van der Waals surface area (Å²) in [7, 11) is -9.82. The summed E-state index contributed by atoms with van der Waals surface area (Å²) in [6, 6.07) is 0. The number of aliphatic hydroxyl groups excluding tert-OH is 2. The summed E-state index contributed by atoms with van der Waals surface area (Å²) in [6.07, 6.45) is 124. The molecular formula is C103H174O16P2. The molecule has 16 nitrogen and oxygen atoms in total. The van der Waals surface area contributed by atoms with Gasteiger partial charge in [-0.15, -0.1) is 0 Å². The van der Waals surface area contributed by atoms with Gasteiger partial charge < -0.3 is 34.2 Å². The van der Waals surface area contributed by atoms with Crippen LogP contribution in [0.2, 0.25) is 0 Å². The number of unbranched alkanes of at least 4 members (excludes halogenated alkanes) is 37. The second kappa shape index (κ2) is 93.8. The third kappa shape index (κ3) is 95.2. The number of carbonyl (C=O) groups excluding carboxylic acids is 3. The Kier molecular flexibility index (Phi) is 89.6. The Morgan fingerprint density at radius 3 is 0.653 bits per heavy atom. The van der Waals surface area contributed by atoms with E-state index < -0.39 is 91.5 Å². The molecule has 5 atom stereocenters. The number of hydrogen-bond donors (Lipinski definition) is 4. The number of phosphoric ester groups is 2. The maximum Gasteiger partial charge on any atom is 0.472 e. The zero-order valence-corrected chi connectivity index (χ0v) is 78.2. The van der Waals surface area contributed by atoms with Crippen molar-refractivity contribution in [1.29, 1.82) is 0 Å². The highest BCUT2D eigenvalue weighted by molar-refractivity contribution is 7.47. The lowest BCUT2D eigenvalue weighted by Crippen LogP contribution is -2.30. The molecule has 0 aromatic carbocycles. The van der Waals surface area contributed by atoms with Crippen molar-refractivity contribution in [2.45, 2.75) is 411 Å². The summed E-state index contributed by atoms with van der Waals surface area (Å²) in [4.78, 5) is 59.1. The minimum atomic E-state index is -4.95. The van der Waals surface area contributed by atoms with Gasteiger partial charge in [-0.1, -0.05) is 402 Å². The van der Waals surface area contributed by atoms with Crippen molar-refractivity contribution in [3.63, 3.8) is 0 Å². The number of aliphatic hydroxyl groups is 2. The van der Waals surface area contributed by atoms with Gasteiger partial charge in [0.05, 0.1) is 26.4 Å². The Hall–Kier alpha value is -5.35. The Morgan fingerprint density at radius 2 is 0.413 bits per heavy atom. The highest BCUT2D eigenvalue weighted by Crippen LogP contribution is 2.45. The number of esters is 3. The molecular weight excluding hydrogens is 1560 g/mol. The number of hydrogen-bond acceptors (Lipinski definition) is 14. The van der Waals surface area contributed by atoms with E-state index in [1.54, 1.807) is 0 Å². The van der Waals surface area contributed by atoms with Crippen LogP contribution in [0.15, 0.2) is 182 Å². The first-order valence-corrected chi connectivity index (χ1v) is 51.1. The molecule has 0 aliphatic heterocycles. The molecule has 0 aromatic heterocycles. The predicted molar refractivity (Wildman–Crippen MR) is 509 cm³/mol. The maximum atomic E-state index is 13.1. The lowest BCUT2D eigenvalue weighted by molar-refractivity contribution is -0.161. The highest BCUT2D eigenvalue weighted by atomic mass is 31.2. The van der Waals surface area contributed by atoms with E-state index in [0.29, 0.717) is 19.3 Å². The Morgan fingerprint density at radius 1 is 0.231 bits per heavy atom. The summed E-state index contributed by atoms with van der Waals surface area (Å²) >= 11 is 0. The fourth-order valence-electron chi connectivity index (χ4n) is 12.9. The Labute approximate surface area is 738 Å². The standard InChI is InChI=1S/C103H174O16P2/c1-4-7-10-13-16-19-22-25-28-31-34-37-40-43-46-47-48-49-52-54-56-59-62-65-68-71-74-77-80-83-86-89-101(106)113-92-98(104)93-115-120(109,110)116-94-99(105)95-117-121(111,112)118-97-100(119-103(108)91-88-85-82-79-76-73-70-67-64-61-58-55-51-45-42-39-36-33-30-27-24-21-18-15-12-9-6-3)96-114-102(107)90-87-84-81-78-75-72-69-66-63-60-57-53-50-44-41-38-35-32-29-26-23-20-17-14-11-8-5-2/h7-12,16-21,25-30,34-39,43-46,50-51,98-100,104-105H,4-6,13-15,22-24,31-33,40-42,47-49,52-97H2,1-3H3,(H,109,110)(H,111,112)/b10-7-,11-8-,12-9-,19-16-,20-17-,21-18-,28-25-,29-26-,30-27-,37-34-,38-35-,39-36-,46-43-,50-44-,51-45-. The molecule has 0 aliphatic carbocycles. The van der Waals surface area contributed by atoms with E-state index >= 15 is 0 Å². The largest absolute Gasteiger partial charge is 0.472 e. The van der Waals surface area contributed by atoms with Crippen molar-refractivity contribution in [1.82, 2.24) is 0 Å². The SMILES string of the molecule is CC/C=C\C/C=C\C/C=C\C/C=C\C/C=C\CCCCCCCCCCCCCCCCCC(=O)OCC(O)COP(=O)(O)OCC(O)COP(=O)(O)OCC(COC(=O)CCCCCCCCCCCCC/C=C\C/C=C\C/C=C\C/C=C\C/C=C\CC)OC(=O)CCCCCCCCCCCCC/C=C\C/C=C\C/C=C\C/C=C\C/C=C\CC. The number of rotatable bonds is 90. The van der Waals surface area contributed by atoms with Gasteiger partial charge in [0.15, 0.2) is 6.10 Å². The number of allylic oxidation sites excluding steroid dienone is 30. The number of ether oxygens (including phenoxy) is 3. The van der Waals surface area contributed by atoms with Crippen LogP contribution in [0.3, 0.4) is 0 Å². The summed E-state index contributed by atoms with van der Waals surface area (Å²) < 4.78 is 61.6. The molecule has 4 N–H and O–H groups in total. The summed E-state index contributed by atoms with van der Waals surface area (Å²) in [5.41, 5.74) is 0. The molecule has 0 saturated carbocycles. The fraction of sp³-hybridized carbons (Fsp3) is 0.680.